The standard InChI is InChI=1S/C14H22N2O3S/c1-4-14(3,12-9-7-6-8-10-12)16-13(17)11-15-20(18,19)5-2/h6-10,15H,4-5,11H2,1-3H3,(H,16,17)/t14-/m0/s1. The minimum atomic E-state index is -3.35. The number of amides is 1. The van der Waals surface area contributed by atoms with E-state index in [9.17, 15) is 13.2 Å². The van der Waals surface area contributed by atoms with Crippen molar-refractivity contribution in [2.24, 2.45) is 0 Å². The van der Waals surface area contributed by atoms with Gasteiger partial charge in [-0.25, -0.2) is 13.1 Å². The highest BCUT2D eigenvalue weighted by molar-refractivity contribution is 7.89. The van der Waals surface area contributed by atoms with Gasteiger partial charge in [-0.1, -0.05) is 37.3 Å². The van der Waals surface area contributed by atoms with E-state index in [1.54, 1.807) is 0 Å². The molecule has 0 aliphatic carbocycles. The second-order valence-electron chi connectivity index (χ2n) is 4.82. The molecule has 1 rings (SSSR count). The molecule has 1 amide bonds. The molecule has 0 fully saturated rings. The summed E-state index contributed by atoms with van der Waals surface area (Å²) in [5, 5.41) is 2.89. The van der Waals surface area contributed by atoms with Gasteiger partial charge in [-0.3, -0.25) is 4.79 Å². The number of carbonyl (C=O) groups excluding carboxylic acids is 1. The van der Waals surface area contributed by atoms with Crippen molar-refractivity contribution in [2.45, 2.75) is 32.7 Å². The molecule has 0 bridgehead atoms. The zero-order valence-electron chi connectivity index (χ0n) is 12.1. The number of hydrogen-bond donors (Lipinski definition) is 2. The third-order valence-corrected chi connectivity index (χ3v) is 4.71. The third kappa shape index (κ3) is 4.61. The number of sulfonamides is 1. The average Bonchev–Trinajstić information content (AvgIpc) is 2.46. The van der Waals surface area contributed by atoms with Crippen molar-refractivity contribution >= 4 is 15.9 Å². The molecule has 0 radical (unpaired) electrons. The first-order valence-corrected chi connectivity index (χ1v) is 8.32. The summed E-state index contributed by atoms with van der Waals surface area (Å²) < 4.78 is 24.9. The topological polar surface area (TPSA) is 75.3 Å². The van der Waals surface area contributed by atoms with Crippen molar-refractivity contribution in [3.8, 4) is 0 Å². The molecular formula is C14H22N2O3S. The van der Waals surface area contributed by atoms with Crippen LogP contribution in [-0.2, 0) is 20.4 Å². The van der Waals surface area contributed by atoms with Crippen molar-refractivity contribution in [3.63, 3.8) is 0 Å². The molecule has 0 spiro atoms. The fourth-order valence-electron chi connectivity index (χ4n) is 1.80. The molecule has 6 heteroatoms. The van der Waals surface area contributed by atoms with Gasteiger partial charge in [0.2, 0.25) is 15.9 Å². The van der Waals surface area contributed by atoms with E-state index in [1.165, 1.54) is 6.92 Å². The van der Waals surface area contributed by atoms with E-state index in [-0.39, 0.29) is 18.2 Å². The fourth-order valence-corrected chi connectivity index (χ4v) is 2.36. The fraction of sp³-hybridized carbons (Fsp3) is 0.500. The summed E-state index contributed by atoms with van der Waals surface area (Å²) in [6, 6.07) is 9.63. The number of benzene rings is 1. The van der Waals surface area contributed by atoms with Crippen molar-refractivity contribution in [2.75, 3.05) is 12.3 Å². The Labute approximate surface area is 120 Å². The summed E-state index contributed by atoms with van der Waals surface area (Å²) >= 11 is 0. The van der Waals surface area contributed by atoms with E-state index in [1.807, 2.05) is 44.2 Å². The molecule has 112 valence electrons. The van der Waals surface area contributed by atoms with Gasteiger partial charge in [0.15, 0.2) is 0 Å². The predicted molar refractivity (Wildman–Crippen MR) is 79.7 cm³/mol. The van der Waals surface area contributed by atoms with Crippen LogP contribution in [0.2, 0.25) is 0 Å². The summed E-state index contributed by atoms with van der Waals surface area (Å²) in [5.41, 5.74) is 0.491. The maximum Gasteiger partial charge on any atom is 0.235 e. The lowest BCUT2D eigenvalue weighted by Gasteiger charge is -2.30. The minimum Gasteiger partial charge on any atom is -0.346 e. The van der Waals surface area contributed by atoms with Crippen LogP contribution in [0.25, 0.3) is 0 Å². The van der Waals surface area contributed by atoms with Crippen molar-refractivity contribution in [1.82, 2.24) is 10.0 Å². The Morgan fingerprint density at radius 2 is 1.80 bits per heavy atom. The minimum absolute atomic E-state index is 0.0377. The maximum atomic E-state index is 11.9. The summed E-state index contributed by atoms with van der Waals surface area (Å²) in [5.74, 6) is -0.375. The van der Waals surface area contributed by atoms with E-state index in [4.69, 9.17) is 0 Å². The molecule has 5 nitrogen and oxygen atoms in total. The van der Waals surface area contributed by atoms with Gasteiger partial charge in [0.25, 0.3) is 0 Å². The molecule has 0 saturated heterocycles. The lowest BCUT2D eigenvalue weighted by Crippen LogP contribution is -2.47. The van der Waals surface area contributed by atoms with Crippen LogP contribution in [0.5, 0.6) is 0 Å². The van der Waals surface area contributed by atoms with Gasteiger partial charge in [-0.15, -0.1) is 0 Å². The van der Waals surface area contributed by atoms with Gasteiger partial charge in [-0.05, 0) is 25.8 Å². The zero-order valence-corrected chi connectivity index (χ0v) is 13.0. The normalized spacial score (nSPS) is 14.6. The number of nitrogens with one attached hydrogen (secondary N) is 2. The Morgan fingerprint density at radius 1 is 1.20 bits per heavy atom. The number of rotatable bonds is 7. The van der Waals surface area contributed by atoms with Crippen LogP contribution in [0.4, 0.5) is 0 Å². The quantitative estimate of drug-likeness (QED) is 0.798. The molecule has 0 unspecified atom stereocenters. The molecule has 1 aromatic carbocycles. The zero-order chi connectivity index (χ0) is 15.2. The second-order valence-corrected chi connectivity index (χ2v) is 6.92. The van der Waals surface area contributed by atoms with Crippen molar-refractivity contribution in [3.05, 3.63) is 35.9 Å². The highest BCUT2D eigenvalue weighted by Crippen LogP contribution is 2.23. The first-order valence-electron chi connectivity index (χ1n) is 6.67. The van der Waals surface area contributed by atoms with Crippen LogP contribution in [0.15, 0.2) is 30.3 Å². The van der Waals surface area contributed by atoms with E-state index >= 15 is 0 Å². The second kappa shape index (κ2) is 6.85. The van der Waals surface area contributed by atoms with Gasteiger partial charge in [0.1, 0.15) is 0 Å². The van der Waals surface area contributed by atoms with Gasteiger partial charge in [0.05, 0.1) is 17.8 Å². The summed E-state index contributed by atoms with van der Waals surface area (Å²) in [6.45, 7) is 5.19. The molecular weight excluding hydrogens is 276 g/mol. The van der Waals surface area contributed by atoms with Gasteiger partial charge in [-0.2, -0.15) is 0 Å². The first-order chi connectivity index (χ1) is 9.33. The maximum absolute atomic E-state index is 11.9. The highest BCUT2D eigenvalue weighted by Gasteiger charge is 2.26. The monoisotopic (exact) mass is 298 g/mol. The molecule has 20 heavy (non-hydrogen) atoms. The van der Waals surface area contributed by atoms with Crippen molar-refractivity contribution in [1.29, 1.82) is 0 Å². The average molecular weight is 298 g/mol. The van der Waals surface area contributed by atoms with Crippen LogP contribution in [0.3, 0.4) is 0 Å². The summed E-state index contributed by atoms with van der Waals surface area (Å²) in [7, 11) is -3.35. The van der Waals surface area contributed by atoms with Crippen LogP contribution in [-0.4, -0.2) is 26.6 Å². The lowest BCUT2D eigenvalue weighted by molar-refractivity contribution is -0.121. The number of hydrogen-bond acceptors (Lipinski definition) is 3. The Hall–Kier alpha value is -1.40. The summed E-state index contributed by atoms with van der Waals surface area (Å²) in [6.07, 6.45) is 0.712. The molecule has 0 saturated carbocycles. The molecule has 0 aromatic heterocycles. The van der Waals surface area contributed by atoms with Crippen LogP contribution < -0.4 is 10.0 Å². The molecule has 1 aromatic rings. The van der Waals surface area contributed by atoms with E-state index in [0.29, 0.717) is 6.42 Å². The van der Waals surface area contributed by atoms with Gasteiger partial charge >= 0.3 is 0 Å². The Morgan fingerprint density at radius 3 is 2.30 bits per heavy atom. The van der Waals surface area contributed by atoms with Gasteiger partial charge in [0, 0.05) is 0 Å². The molecule has 0 aliphatic heterocycles. The SMILES string of the molecule is CC[C@](C)(NC(=O)CNS(=O)(=O)CC)c1ccccc1. The lowest BCUT2D eigenvalue weighted by atomic mass is 9.89. The van der Waals surface area contributed by atoms with E-state index in [2.05, 4.69) is 10.0 Å². The predicted octanol–water partition coefficient (Wildman–Crippen LogP) is 1.37. The van der Waals surface area contributed by atoms with Gasteiger partial charge < -0.3 is 5.32 Å². The number of carbonyl (C=O) groups is 1. The smallest absolute Gasteiger partial charge is 0.235 e. The summed E-state index contributed by atoms with van der Waals surface area (Å²) in [4.78, 5) is 11.9. The Bertz CT molecular complexity index is 543. The first kappa shape index (κ1) is 16.7. The Kier molecular flexibility index (Phi) is 5.71. The largest absolute Gasteiger partial charge is 0.346 e. The van der Waals surface area contributed by atoms with Crippen LogP contribution in [0.1, 0.15) is 32.8 Å². The van der Waals surface area contributed by atoms with Crippen LogP contribution in [0, 0.1) is 0 Å². The Balaban J connectivity index is 2.72. The van der Waals surface area contributed by atoms with E-state index in [0.717, 1.165) is 5.56 Å². The third-order valence-electron chi connectivity index (χ3n) is 3.37. The van der Waals surface area contributed by atoms with Crippen molar-refractivity contribution < 1.29 is 13.2 Å². The van der Waals surface area contributed by atoms with Crippen LogP contribution >= 0.6 is 0 Å². The molecule has 2 N–H and O–H groups in total. The molecule has 1 atom stereocenters. The highest BCUT2D eigenvalue weighted by atomic mass is 32.2. The van der Waals surface area contributed by atoms with E-state index < -0.39 is 15.6 Å². The molecule has 0 aliphatic rings. The molecule has 0 heterocycles.